The van der Waals surface area contributed by atoms with E-state index in [0.717, 1.165) is 11.3 Å². The Balaban J connectivity index is 1.89. The van der Waals surface area contributed by atoms with E-state index in [4.69, 9.17) is 4.74 Å². The summed E-state index contributed by atoms with van der Waals surface area (Å²) in [5.41, 5.74) is 2.35. The highest BCUT2D eigenvalue weighted by atomic mass is 16.5. The van der Waals surface area contributed by atoms with Gasteiger partial charge in [0, 0.05) is 13.2 Å². The SMILES string of the molecule is COC(=O)c1ccc(OC(=O)CCc2cn(C)nc2C)cc1. The third kappa shape index (κ3) is 3.94. The van der Waals surface area contributed by atoms with Crippen molar-refractivity contribution in [1.82, 2.24) is 9.78 Å². The summed E-state index contributed by atoms with van der Waals surface area (Å²) in [7, 11) is 3.16. The lowest BCUT2D eigenvalue weighted by Crippen LogP contribution is -2.09. The quantitative estimate of drug-likeness (QED) is 0.624. The Morgan fingerprint density at radius 3 is 2.45 bits per heavy atom. The van der Waals surface area contributed by atoms with Crippen LogP contribution >= 0.6 is 0 Å². The molecule has 1 aromatic heterocycles. The highest BCUT2D eigenvalue weighted by Gasteiger charge is 2.10. The first kappa shape index (κ1) is 15.8. The Labute approximate surface area is 128 Å². The molecule has 1 heterocycles. The molecule has 6 heteroatoms. The van der Waals surface area contributed by atoms with Crippen LogP contribution in [0, 0.1) is 6.92 Å². The molecule has 0 saturated heterocycles. The monoisotopic (exact) mass is 302 g/mol. The summed E-state index contributed by atoms with van der Waals surface area (Å²) >= 11 is 0. The molecule has 0 fully saturated rings. The number of carbonyl (C=O) groups is 2. The second kappa shape index (κ2) is 6.89. The van der Waals surface area contributed by atoms with Crippen molar-refractivity contribution in [2.45, 2.75) is 19.8 Å². The average molecular weight is 302 g/mol. The van der Waals surface area contributed by atoms with E-state index in [1.165, 1.54) is 7.11 Å². The van der Waals surface area contributed by atoms with E-state index in [2.05, 4.69) is 9.84 Å². The fourth-order valence-corrected chi connectivity index (χ4v) is 2.09. The minimum atomic E-state index is -0.426. The van der Waals surface area contributed by atoms with Gasteiger partial charge >= 0.3 is 11.9 Å². The molecule has 6 nitrogen and oxygen atoms in total. The highest BCUT2D eigenvalue weighted by Crippen LogP contribution is 2.14. The van der Waals surface area contributed by atoms with Crippen LogP contribution in [0.25, 0.3) is 0 Å². The van der Waals surface area contributed by atoms with Gasteiger partial charge in [-0.05, 0) is 43.2 Å². The van der Waals surface area contributed by atoms with E-state index < -0.39 is 5.97 Å². The zero-order chi connectivity index (χ0) is 16.1. The lowest BCUT2D eigenvalue weighted by atomic mass is 10.1. The van der Waals surface area contributed by atoms with E-state index >= 15 is 0 Å². The van der Waals surface area contributed by atoms with Crippen molar-refractivity contribution in [3.05, 3.63) is 47.3 Å². The van der Waals surface area contributed by atoms with Gasteiger partial charge < -0.3 is 9.47 Å². The molecule has 0 atom stereocenters. The van der Waals surface area contributed by atoms with Gasteiger partial charge in [-0.15, -0.1) is 0 Å². The van der Waals surface area contributed by atoms with Crippen LogP contribution in [0.1, 0.15) is 28.0 Å². The molecule has 1 aromatic carbocycles. The number of carbonyl (C=O) groups excluding carboxylic acids is 2. The van der Waals surface area contributed by atoms with Crippen molar-refractivity contribution in [1.29, 1.82) is 0 Å². The van der Waals surface area contributed by atoms with E-state index in [1.807, 2.05) is 20.2 Å². The molecular weight excluding hydrogens is 284 g/mol. The molecule has 0 aliphatic rings. The molecule has 0 aliphatic carbocycles. The van der Waals surface area contributed by atoms with Gasteiger partial charge in [0.15, 0.2) is 0 Å². The van der Waals surface area contributed by atoms with E-state index in [0.29, 0.717) is 17.7 Å². The number of ether oxygens (including phenoxy) is 2. The summed E-state index contributed by atoms with van der Waals surface area (Å²) < 4.78 is 11.6. The standard InChI is InChI=1S/C16H18N2O4/c1-11-13(10-18(2)17-11)6-9-15(19)22-14-7-4-12(5-8-14)16(20)21-3/h4-5,7-8,10H,6,9H2,1-3H3. The zero-order valence-corrected chi connectivity index (χ0v) is 12.8. The third-order valence-corrected chi connectivity index (χ3v) is 3.22. The topological polar surface area (TPSA) is 70.4 Å². The number of benzene rings is 1. The number of aromatic nitrogens is 2. The summed E-state index contributed by atoms with van der Waals surface area (Å²) in [6, 6.07) is 6.25. The maximum absolute atomic E-state index is 11.8. The van der Waals surface area contributed by atoms with Crippen molar-refractivity contribution >= 4 is 11.9 Å². The van der Waals surface area contributed by atoms with Crippen LogP contribution in [0.15, 0.2) is 30.5 Å². The third-order valence-electron chi connectivity index (χ3n) is 3.22. The Morgan fingerprint density at radius 2 is 1.91 bits per heavy atom. The number of esters is 2. The minimum absolute atomic E-state index is 0.269. The lowest BCUT2D eigenvalue weighted by molar-refractivity contribution is -0.134. The fraction of sp³-hybridized carbons (Fsp3) is 0.312. The number of hydrogen-bond donors (Lipinski definition) is 0. The first-order valence-electron chi connectivity index (χ1n) is 6.88. The molecule has 116 valence electrons. The van der Waals surface area contributed by atoms with Crippen LogP contribution in [0.2, 0.25) is 0 Å². The zero-order valence-electron chi connectivity index (χ0n) is 12.8. The Hall–Kier alpha value is -2.63. The number of aryl methyl sites for hydroxylation is 3. The molecule has 2 aromatic rings. The largest absolute Gasteiger partial charge is 0.465 e. The summed E-state index contributed by atoms with van der Waals surface area (Å²) in [6.07, 6.45) is 2.75. The van der Waals surface area contributed by atoms with Crippen molar-refractivity contribution in [3.63, 3.8) is 0 Å². The summed E-state index contributed by atoms with van der Waals surface area (Å²) in [5.74, 6) is -0.348. The maximum atomic E-state index is 11.8. The maximum Gasteiger partial charge on any atom is 0.337 e. The van der Waals surface area contributed by atoms with Crippen LogP contribution in [0.4, 0.5) is 0 Å². The number of rotatable bonds is 5. The van der Waals surface area contributed by atoms with Gasteiger partial charge in [-0.3, -0.25) is 9.48 Å². The van der Waals surface area contributed by atoms with Gasteiger partial charge in [0.2, 0.25) is 0 Å². The van der Waals surface area contributed by atoms with Gasteiger partial charge in [-0.1, -0.05) is 0 Å². The Morgan fingerprint density at radius 1 is 1.23 bits per heavy atom. The van der Waals surface area contributed by atoms with Crippen molar-refractivity contribution in [3.8, 4) is 5.75 Å². The number of nitrogens with zero attached hydrogens (tertiary/aromatic N) is 2. The molecule has 0 amide bonds. The molecule has 0 aliphatic heterocycles. The van der Waals surface area contributed by atoms with Crippen molar-refractivity contribution < 1.29 is 19.1 Å². The van der Waals surface area contributed by atoms with Gasteiger partial charge in [-0.2, -0.15) is 5.10 Å². The molecule has 0 radical (unpaired) electrons. The van der Waals surface area contributed by atoms with Gasteiger partial charge in [0.25, 0.3) is 0 Å². The van der Waals surface area contributed by atoms with Gasteiger partial charge in [-0.25, -0.2) is 4.79 Å². The first-order valence-corrected chi connectivity index (χ1v) is 6.88. The second-order valence-corrected chi connectivity index (χ2v) is 4.90. The van der Waals surface area contributed by atoms with Crippen LogP contribution < -0.4 is 4.74 Å². The van der Waals surface area contributed by atoms with Crippen LogP contribution in [-0.4, -0.2) is 28.8 Å². The van der Waals surface area contributed by atoms with Gasteiger partial charge in [0.1, 0.15) is 5.75 Å². The van der Waals surface area contributed by atoms with Gasteiger partial charge in [0.05, 0.1) is 24.8 Å². The molecule has 0 N–H and O–H groups in total. The van der Waals surface area contributed by atoms with E-state index in [-0.39, 0.29) is 12.4 Å². The summed E-state index contributed by atoms with van der Waals surface area (Å²) in [5, 5.41) is 4.23. The normalized spacial score (nSPS) is 10.3. The molecule has 0 unspecified atom stereocenters. The number of hydrogen-bond acceptors (Lipinski definition) is 5. The Bertz CT molecular complexity index is 674. The fourth-order valence-electron chi connectivity index (χ4n) is 2.09. The highest BCUT2D eigenvalue weighted by molar-refractivity contribution is 5.89. The van der Waals surface area contributed by atoms with Crippen LogP contribution in [-0.2, 0) is 23.0 Å². The first-order chi connectivity index (χ1) is 10.5. The predicted octanol–water partition coefficient (Wildman–Crippen LogP) is 2.05. The number of methoxy groups -OCH3 is 1. The molecule has 0 bridgehead atoms. The van der Waals surface area contributed by atoms with Crippen molar-refractivity contribution in [2.24, 2.45) is 7.05 Å². The lowest BCUT2D eigenvalue weighted by Gasteiger charge is -2.05. The van der Waals surface area contributed by atoms with Crippen LogP contribution in [0.5, 0.6) is 5.75 Å². The molecular formula is C16H18N2O4. The second-order valence-electron chi connectivity index (χ2n) is 4.90. The minimum Gasteiger partial charge on any atom is -0.465 e. The average Bonchev–Trinajstić information content (AvgIpc) is 2.83. The van der Waals surface area contributed by atoms with E-state index in [1.54, 1.807) is 28.9 Å². The summed E-state index contributed by atoms with van der Waals surface area (Å²) in [4.78, 5) is 23.1. The smallest absolute Gasteiger partial charge is 0.337 e. The van der Waals surface area contributed by atoms with Crippen LogP contribution in [0.3, 0.4) is 0 Å². The molecule has 2 rings (SSSR count). The molecule has 0 saturated carbocycles. The van der Waals surface area contributed by atoms with Crippen molar-refractivity contribution in [2.75, 3.05) is 7.11 Å². The summed E-state index contributed by atoms with van der Waals surface area (Å²) in [6.45, 7) is 1.91. The predicted molar refractivity (Wildman–Crippen MR) is 79.7 cm³/mol. The Kier molecular flexibility index (Phi) is 4.93. The molecule has 0 spiro atoms. The molecule has 22 heavy (non-hydrogen) atoms. The van der Waals surface area contributed by atoms with E-state index in [9.17, 15) is 9.59 Å².